The van der Waals surface area contributed by atoms with Gasteiger partial charge in [0.25, 0.3) is 5.91 Å². The van der Waals surface area contributed by atoms with Gasteiger partial charge in [0.05, 0.1) is 26.5 Å². The third-order valence-corrected chi connectivity index (χ3v) is 7.08. The van der Waals surface area contributed by atoms with Crippen molar-refractivity contribution in [2.75, 3.05) is 25.6 Å². The largest absolute Gasteiger partial charge is 0.480 e. The van der Waals surface area contributed by atoms with Crippen molar-refractivity contribution in [1.82, 2.24) is 15.0 Å². The molecule has 1 aliphatic heterocycles. The predicted molar refractivity (Wildman–Crippen MR) is 123 cm³/mol. The second kappa shape index (κ2) is 9.39. The molecule has 0 spiro atoms. The van der Waals surface area contributed by atoms with Crippen molar-refractivity contribution in [1.29, 1.82) is 0 Å². The highest BCUT2D eigenvalue weighted by Crippen LogP contribution is 2.39. The molecule has 5 rings (SSSR count). The van der Waals surface area contributed by atoms with Gasteiger partial charge in [-0.3, -0.25) is 10.1 Å². The lowest BCUT2D eigenvalue weighted by molar-refractivity contribution is -0.110. The lowest BCUT2D eigenvalue weighted by Crippen LogP contribution is -2.25. The van der Waals surface area contributed by atoms with Crippen LogP contribution in [-0.4, -0.2) is 58.2 Å². The van der Waals surface area contributed by atoms with E-state index in [2.05, 4.69) is 25.4 Å². The summed E-state index contributed by atoms with van der Waals surface area (Å²) in [6, 6.07) is 7.81. The Kier molecular flexibility index (Phi) is 6.19. The molecule has 1 aliphatic carbocycles. The fourth-order valence-electron chi connectivity index (χ4n) is 3.03. The van der Waals surface area contributed by atoms with Gasteiger partial charge in [-0.15, -0.1) is 11.8 Å². The minimum absolute atomic E-state index is 0.161. The number of rotatable bonds is 8. The number of carbonyl (C=O) groups excluding carboxylic acids is 1. The highest BCUT2D eigenvalue weighted by Gasteiger charge is 2.24. The molecule has 2 aromatic heterocycles. The van der Waals surface area contributed by atoms with E-state index in [4.69, 9.17) is 14.3 Å². The maximum absolute atomic E-state index is 13.1. The zero-order valence-corrected chi connectivity index (χ0v) is 18.9. The minimum Gasteiger partial charge on any atom is -0.480 e. The molecule has 1 atom stereocenters. The Morgan fingerprint density at radius 3 is 2.81 bits per heavy atom. The molecule has 3 aromatic rings. The van der Waals surface area contributed by atoms with Crippen LogP contribution in [-0.2, 0) is 14.4 Å². The first-order valence-corrected chi connectivity index (χ1v) is 11.9. The SMILES string of the molecule is COc1cnc2nc(NC(=O)/C(=N/O[C@@H]3CCOC3)c3ccc(SC4CC4)cc3)sc2n1. The number of benzene rings is 1. The van der Waals surface area contributed by atoms with Crippen molar-refractivity contribution in [2.45, 2.75) is 35.5 Å². The number of fused-ring (bicyclic) bond motifs is 1. The zero-order chi connectivity index (χ0) is 21.9. The Labute approximate surface area is 192 Å². The summed E-state index contributed by atoms with van der Waals surface area (Å²) in [6.07, 6.45) is 4.59. The van der Waals surface area contributed by atoms with E-state index in [1.165, 1.54) is 42.4 Å². The van der Waals surface area contributed by atoms with Crippen LogP contribution in [0.3, 0.4) is 0 Å². The first-order chi connectivity index (χ1) is 15.7. The molecule has 1 aromatic carbocycles. The third-order valence-electron chi connectivity index (χ3n) is 4.88. The van der Waals surface area contributed by atoms with E-state index in [0.717, 1.165) is 6.42 Å². The molecule has 9 nitrogen and oxygen atoms in total. The standard InChI is InChI=1S/C21H21N5O4S2/c1-28-16-10-22-18-20(23-16)32-21(24-18)25-19(27)17(26-30-13-8-9-29-11-13)12-2-4-14(5-3-12)31-15-6-7-15/h2-5,10,13,15H,6-9,11H2,1H3,(H,22,24,25,27)/b26-17+/t13-/m1/s1. The Morgan fingerprint density at radius 2 is 2.09 bits per heavy atom. The summed E-state index contributed by atoms with van der Waals surface area (Å²) >= 11 is 3.07. The van der Waals surface area contributed by atoms with Gasteiger partial charge in [-0.05, 0) is 25.0 Å². The van der Waals surface area contributed by atoms with Gasteiger partial charge in [-0.2, -0.15) is 9.97 Å². The summed E-state index contributed by atoms with van der Waals surface area (Å²) in [4.78, 5) is 33.3. The van der Waals surface area contributed by atoms with Gasteiger partial charge in [0, 0.05) is 22.1 Å². The number of amides is 1. The number of thioether (sulfide) groups is 1. The van der Waals surface area contributed by atoms with Crippen LogP contribution in [0.15, 0.2) is 40.5 Å². The number of nitrogens with one attached hydrogen (secondary N) is 1. The van der Waals surface area contributed by atoms with Gasteiger partial charge in [-0.1, -0.05) is 28.6 Å². The van der Waals surface area contributed by atoms with E-state index in [-0.39, 0.29) is 11.8 Å². The molecule has 32 heavy (non-hydrogen) atoms. The van der Waals surface area contributed by atoms with Crippen LogP contribution in [0.1, 0.15) is 24.8 Å². The van der Waals surface area contributed by atoms with Gasteiger partial charge in [-0.25, -0.2) is 4.98 Å². The molecule has 0 bridgehead atoms. The zero-order valence-electron chi connectivity index (χ0n) is 17.3. The average Bonchev–Trinajstić information content (AvgIpc) is 3.30. The van der Waals surface area contributed by atoms with E-state index < -0.39 is 5.91 Å². The fraction of sp³-hybridized carbons (Fsp3) is 0.381. The smallest absolute Gasteiger partial charge is 0.280 e. The molecular formula is C21H21N5O4S2. The molecule has 1 saturated heterocycles. The number of hydrogen-bond acceptors (Lipinski definition) is 10. The first kappa shape index (κ1) is 21.1. The van der Waals surface area contributed by atoms with Crippen molar-refractivity contribution >= 4 is 50.3 Å². The molecule has 1 saturated carbocycles. The number of oxime groups is 1. The lowest BCUT2D eigenvalue weighted by atomic mass is 10.1. The maximum Gasteiger partial charge on any atom is 0.280 e. The van der Waals surface area contributed by atoms with Crippen LogP contribution in [0.25, 0.3) is 10.5 Å². The molecule has 1 N–H and O–H groups in total. The monoisotopic (exact) mass is 471 g/mol. The van der Waals surface area contributed by atoms with Crippen LogP contribution in [0.4, 0.5) is 5.13 Å². The Bertz CT molecular complexity index is 1140. The molecule has 2 fully saturated rings. The van der Waals surface area contributed by atoms with Gasteiger partial charge >= 0.3 is 0 Å². The number of hydrogen-bond donors (Lipinski definition) is 1. The number of nitrogens with zero attached hydrogens (tertiary/aromatic N) is 4. The van der Waals surface area contributed by atoms with Gasteiger partial charge < -0.3 is 14.3 Å². The van der Waals surface area contributed by atoms with Crippen molar-refractivity contribution in [3.63, 3.8) is 0 Å². The van der Waals surface area contributed by atoms with Crippen molar-refractivity contribution in [3.05, 3.63) is 36.0 Å². The summed E-state index contributed by atoms with van der Waals surface area (Å²) in [5.41, 5.74) is 1.28. The summed E-state index contributed by atoms with van der Waals surface area (Å²) < 4.78 is 10.4. The molecular weight excluding hydrogens is 450 g/mol. The molecule has 11 heteroatoms. The van der Waals surface area contributed by atoms with E-state index in [1.54, 1.807) is 0 Å². The van der Waals surface area contributed by atoms with Crippen LogP contribution in [0.5, 0.6) is 5.88 Å². The van der Waals surface area contributed by atoms with Crippen LogP contribution in [0.2, 0.25) is 0 Å². The van der Waals surface area contributed by atoms with Gasteiger partial charge in [0.1, 0.15) is 0 Å². The predicted octanol–water partition coefficient (Wildman–Crippen LogP) is 3.50. The van der Waals surface area contributed by atoms with E-state index in [1.807, 2.05) is 36.0 Å². The molecule has 166 valence electrons. The van der Waals surface area contributed by atoms with Crippen molar-refractivity contribution in [2.24, 2.45) is 5.16 Å². The summed E-state index contributed by atoms with van der Waals surface area (Å²) in [7, 11) is 1.52. The van der Waals surface area contributed by atoms with Crippen molar-refractivity contribution < 1.29 is 19.1 Å². The minimum atomic E-state index is -0.419. The molecule has 3 heterocycles. The molecule has 0 unspecified atom stereocenters. The van der Waals surface area contributed by atoms with Crippen molar-refractivity contribution in [3.8, 4) is 5.88 Å². The second-order valence-corrected chi connectivity index (χ2v) is 9.74. The fourth-order valence-corrected chi connectivity index (χ4v) is 4.87. The average molecular weight is 472 g/mol. The highest BCUT2D eigenvalue weighted by atomic mass is 32.2. The number of ether oxygens (including phenoxy) is 2. The number of thiazole rings is 1. The van der Waals surface area contributed by atoms with Crippen LogP contribution in [0, 0.1) is 0 Å². The molecule has 0 radical (unpaired) electrons. The van der Waals surface area contributed by atoms with Gasteiger partial charge in [0.15, 0.2) is 27.4 Å². The quantitative estimate of drug-likeness (QED) is 0.393. The molecule has 2 aliphatic rings. The summed E-state index contributed by atoms with van der Waals surface area (Å²) in [5.74, 6) is -0.0323. The summed E-state index contributed by atoms with van der Waals surface area (Å²) in [5, 5.41) is 8.08. The number of methoxy groups -OCH3 is 1. The Balaban J connectivity index is 1.37. The normalized spacial score (nSPS) is 18.7. The number of aromatic nitrogens is 3. The Hall–Kier alpha value is -2.76. The van der Waals surface area contributed by atoms with E-state index in [0.29, 0.717) is 45.5 Å². The maximum atomic E-state index is 13.1. The second-order valence-electron chi connectivity index (χ2n) is 7.39. The lowest BCUT2D eigenvalue weighted by Gasteiger charge is -2.10. The van der Waals surface area contributed by atoms with E-state index in [9.17, 15) is 4.79 Å². The first-order valence-electron chi connectivity index (χ1n) is 10.3. The number of anilines is 1. The number of carbonyl (C=O) groups is 1. The third kappa shape index (κ3) is 5.00. The summed E-state index contributed by atoms with van der Waals surface area (Å²) in [6.45, 7) is 1.09. The van der Waals surface area contributed by atoms with Crippen LogP contribution < -0.4 is 10.1 Å². The molecule has 1 amide bonds. The Morgan fingerprint density at radius 1 is 1.25 bits per heavy atom. The van der Waals surface area contributed by atoms with Gasteiger partial charge in [0.2, 0.25) is 5.88 Å². The topological polar surface area (TPSA) is 108 Å². The highest BCUT2D eigenvalue weighted by molar-refractivity contribution is 8.00. The van der Waals surface area contributed by atoms with Crippen LogP contribution >= 0.6 is 23.1 Å². The van der Waals surface area contributed by atoms with E-state index >= 15 is 0 Å².